The van der Waals surface area contributed by atoms with E-state index in [1.807, 2.05) is 4.90 Å². The topological polar surface area (TPSA) is 145 Å². The maximum atomic E-state index is 12.7. The van der Waals surface area contributed by atoms with Crippen LogP contribution < -0.4 is 0 Å². The lowest BCUT2D eigenvalue weighted by atomic mass is 10.0. The number of benzene rings is 2. The Hall–Kier alpha value is -3.83. The normalized spacial score (nSPS) is 17.1. The van der Waals surface area contributed by atoms with Gasteiger partial charge < -0.3 is 15.1 Å². The Balaban J connectivity index is 0.000000538. The van der Waals surface area contributed by atoms with Gasteiger partial charge in [-0.25, -0.2) is 9.59 Å². The van der Waals surface area contributed by atoms with Crippen LogP contribution in [0.1, 0.15) is 28.8 Å². The molecule has 0 aliphatic carbocycles. The lowest BCUT2D eigenvalue weighted by Crippen LogP contribution is -2.54. The summed E-state index contributed by atoms with van der Waals surface area (Å²) in [6, 6.07) is 17.1. The summed E-state index contributed by atoms with van der Waals surface area (Å²) in [6.45, 7) is 6.44. The van der Waals surface area contributed by atoms with Crippen molar-refractivity contribution in [2.24, 2.45) is 0 Å². The summed E-state index contributed by atoms with van der Waals surface area (Å²) in [7, 11) is 0. The van der Waals surface area contributed by atoms with Crippen LogP contribution in [0.15, 0.2) is 54.6 Å². The highest BCUT2D eigenvalue weighted by atomic mass is 16.6. The highest BCUT2D eigenvalue weighted by Gasteiger charge is 2.29. The smallest absolute Gasteiger partial charge is 0.414 e. The van der Waals surface area contributed by atoms with E-state index in [4.69, 9.17) is 19.8 Å². The molecule has 2 fully saturated rings. The molecule has 2 heterocycles. The number of likely N-dealkylation sites (tertiary alicyclic amines) is 1. The van der Waals surface area contributed by atoms with Crippen LogP contribution in [0.2, 0.25) is 0 Å². The minimum Gasteiger partial charge on any atom is -0.473 e. The average Bonchev–Trinajstić information content (AvgIpc) is 2.90. The van der Waals surface area contributed by atoms with Gasteiger partial charge in [-0.3, -0.25) is 24.7 Å². The first-order valence-corrected chi connectivity index (χ1v) is 11.7. The average molecular weight is 499 g/mol. The second-order valence-electron chi connectivity index (χ2n) is 8.74. The number of rotatable bonds is 5. The first-order valence-electron chi connectivity index (χ1n) is 11.7. The molecule has 36 heavy (non-hydrogen) atoms. The van der Waals surface area contributed by atoms with Crippen LogP contribution in [0, 0.1) is 10.1 Å². The lowest BCUT2D eigenvalue weighted by molar-refractivity contribution is -0.384. The van der Waals surface area contributed by atoms with E-state index in [1.165, 1.54) is 30.5 Å². The van der Waals surface area contributed by atoms with Crippen molar-refractivity contribution in [3.8, 4) is 0 Å². The summed E-state index contributed by atoms with van der Waals surface area (Å²) >= 11 is 0. The molecule has 2 aliphatic heterocycles. The van der Waals surface area contributed by atoms with Gasteiger partial charge in [0.2, 0.25) is 0 Å². The van der Waals surface area contributed by atoms with Crippen molar-refractivity contribution in [3.05, 3.63) is 75.8 Å². The molecule has 2 aliphatic rings. The number of aliphatic carboxylic acids is 2. The number of nitro benzene ring substituents is 1. The number of hydrogen-bond acceptors (Lipinski definition) is 7. The zero-order chi connectivity index (χ0) is 26.1. The number of nitro groups is 1. The van der Waals surface area contributed by atoms with E-state index in [-0.39, 0.29) is 11.6 Å². The third-order valence-electron chi connectivity index (χ3n) is 6.43. The summed E-state index contributed by atoms with van der Waals surface area (Å²) in [5, 5.41) is 25.6. The number of carboxylic acids is 2. The molecule has 11 heteroatoms. The van der Waals surface area contributed by atoms with Crippen molar-refractivity contribution in [2.45, 2.75) is 25.4 Å². The van der Waals surface area contributed by atoms with Crippen LogP contribution in [0.25, 0.3) is 0 Å². The van der Waals surface area contributed by atoms with Crippen molar-refractivity contribution in [2.75, 3.05) is 39.3 Å². The predicted octanol–water partition coefficient (Wildman–Crippen LogP) is 2.17. The monoisotopic (exact) mass is 498 g/mol. The van der Waals surface area contributed by atoms with E-state index < -0.39 is 16.9 Å². The van der Waals surface area contributed by atoms with Crippen LogP contribution >= 0.6 is 0 Å². The van der Waals surface area contributed by atoms with E-state index in [2.05, 4.69) is 40.1 Å². The Morgan fingerprint density at radius 1 is 0.833 bits per heavy atom. The third kappa shape index (κ3) is 7.59. The number of piperidine rings is 1. The fourth-order valence-electron chi connectivity index (χ4n) is 4.48. The molecule has 2 aromatic carbocycles. The minimum absolute atomic E-state index is 0.00924. The van der Waals surface area contributed by atoms with Crippen LogP contribution in [0.5, 0.6) is 0 Å². The molecule has 4 rings (SSSR count). The van der Waals surface area contributed by atoms with Crippen molar-refractivity contribution in [1.29, 1.82) is 0 Å². The van der Waals surface area contributed by atoms with Crippen LogP contribution in [0.3, 0.4) is 0 Å². The van der Waals surface area contributed by atoms with Crippen molar-refractivity contribution < 1.29 is 29.5 Å². The molecular weight excluding hydrogens is 468 g/mol. The maximum absolute atomic E-state index is 12.7. The van der Waals surface area contributed by atoms with E-state index in [0.717, 1.165) is 32.7 Å². The Kier molecular flexibility index (Phi) is 9.48. The third-order valence-corrected chi connectivity index (χ3v) is 6.43. The number of amides is 1. The zero-order valence-corrected chi connectivity index (χ0v) is 19.9. The Morgan fingerprint density at radius 3 is 1.89 bits per heavy atom. The highest BCUT2D eigenvalue weighted by molar-refractivity contribution is 6.27. The van der Waals surface area contributed by atoms with Gasteiger partial charge in [-0.05, 0) is 43.6 Å². The summed E-state index contributed by atoms with van der Waals surface area (Å²) < 4.78 is 0. The quantitative estimate of drug-likeness (QED) is 0.360. The van der Waals surface area contributed by atoms with Gasteiger partial charge in [0.15, 0.2) is 0 Å². The van der Waals surface area contributed by atoms with E-state index in [9.17, 15) is 14.9 Å². The number of hydrogen-bond donors (Lipinski definition) is 2. The fourth-order valence-corrected chi connectivity index (χ4v) is 4.48. The van der Waals surface area contributed by atoms with E-state index in [0.29, 0.717) is 24.7 Å². The van der Waals surface area contributed by atoms with Crippen molar-refractivity contribution in [1.82, 2.24) is 14.7 Å². The van der Waals surface area contributed by atoms with Crippen LogP contribution in [0.4, 0.5) is 5.69 Å². The minimum atomic E-state index is -1.82. The molecule has 0 bridgehead atoms. The second kappa shape index (κ2) is 12.8. The first kappa shape index (κ1) is 26.8. The number of non-ortho nitro benzene ring substituents is 1. The predicted molar refractivity (Wildman–Crippen MR) is 131 cm³/mol. The van der Waals surface area contributed by atoms with Gasteiger partial charge in [0, 0.05) is 56.5 Å². The molecule has 0 atom stereocenters. The van der Waals surface area contributed by atoms with Gasteiger partial charge in [-0.1, -0.05) is 30.3 Å². The number of carboxylic acid groups (broad SMARTS) is 2. The number of piperazine rings is 1. The van der Waals surface area contributed by atoms with Gasteiger partial charge >= 0.3 is 11.9 Å². The highest BCUT2D eigenvalue weighted by Crippen LogP contribution is 2.21. The standard InChI is InChI=1S/C23H28N4O3.C2H2O4/c28-23(20-6-8-22(9-7-20)27(29)30)26-16-14-25(15-17-26)21-10-12-24(13-11-21)18-19-4-2-1-3-5-19;3-1(4)2(5)6/h1-9,21H,10-18H2;(H,3,4)(H,5,6). The van der Waals surface area contributed by atoms with Crippen molar-refractivity contribution >= 4 is 23.5 Å². The molecule has 2 N–H and O–H groups in total. The number of carbonyl (C=O) groups excluding carboxylic acids is 1. The second-order valence-corrected chi connectivity index (χ2v) is 8.74. The Labute approximate surface area is 208 Å². The van der Waals surface area contributed by atoms with Crippen molar-refractivity contribution in [3.63, 3.8) is 0 Å². The summed E-state index contributed by atoms with van der Waals surface area (Å²) in [5.74, 6) is -3.69. The maximum Gasteiger partial charge on any atom is 0.414 e. The molecule has 0 radical (unpaired) electrons. The lowest BCUT2D eigenvalue weighted by Gasteiger charge is -2.42. The largest absolute Gasteiger partial charge is 0.473 e. The summed E-state index contributed by atoms with van der Waals surface area (Å²) in [6.07, 6.45) is 2.34. The van der Waals surface area contributed by atoms with E-state index >= 15 is 0 Å². The molecule has 2 aromatic rings. The fraction of sp³-hybridized carbons (Fsp3) is 0.400. The van der Waals surface area contributed by atoms with Gasteiger partial charge in [0.1, 0.15) is 0 Å². The summed E-state index contributed by atoms with van der Waals surface area (Å²) in [5.41, 5.74) is 1.90. The number of nitrogens with zero attached hydrogens (tertiary/aromatic N) is 4. The van der Waals surface area contributed by atoms with Gasteiger partial charge in [-0.15, -0.1) is 0 Å². The molecular formula is C25H30N4O7. The Morgan fingerprint density at radius 2 is 1.39 bits per heavy atom. The SMILES string of the molecule is O=C(O)C(=O)O.O=C(c1ccc([N+](=O)[O-])cc1)N1CCN(C2CCN(Cc3ccccc3)CC2)CC1. The number of carbonyl (C=O) groups is 3. The molecule has 0 spiro atoms. The molecule has 0 saturated carbocycles. The van der Waals surface area contributed by atoms with Crippen LogP contribution in [-0.4, -0.2) is 93.0 Å². The zero-order valence-electron chi connectivity index (χ0n) is 19.9. The molecule has 11 nitrogen and oxygen atoms in total. The summed E-state index contributed by atoms with van der Waals surface area (Å²) in [4.78, 5) is 48.2. The van der Waals surface area contributed by atoms with Gasteiger partial charge in [-0.2, -0.15) is 0 Å². The van der Waals surface area contributed by atoms with Crippen LogP contribution in [-0.2, 0) is 16.1 Å². The van der Waals surface area contributed by atoms with Gasteiger partial charge in [0.25, 0.3) is 11.6 Å². The molecule has 192 valence electrons. The first-order chi connectivity index (χ1) is 17.2. The molecule has 0 unspecified atom stereocenters. The Bertz CT molecular complexity index is 1030. The molecule has 2 saturated heterocycles. The molecule has 1 amide bonds. The van der Waals surface area contributed by atoms with E-state index in [1.54, 1.807) is 12.1 Å². The molecule has 0 aromatic heterocycles. The van der Waals surface area contributed by atoms with Gasteiger partial charge in [0.05, 0.1) is 4.92 Å².